The summed E-state index contributed by atoms with van der Waals surface area (Å²) in [5.41, 5.74) is 1.67. The number of carbonyl (C=O) groups is 1. The second-order valence-corrected chi connectivity index (χ2v) is 7.06. The molecule has 120 valence electrons. The van der Waals surface area contributed by atoms with Crippen molar-refractivity contribution in [1.82, 2.24) is 4.90 Å². The number of rotatable bonds is 3. The summed E-state index contributed by atoms with van der Waals surface area (Å²) < 4.78 is 14.6. The molecular weight excluding hydrogens is 408 g/mol. The number of hydrogen-bond acceptors (Lipinski definition) is 2. The Morgan fingerprint density at radius 1 is 1.26 bits per heavy atom. The SMILES string of the molecule is O=C(Cc1ccc(I)cc1)N1CC(O)CC1c1cccc(F)c1. The molecule has 2 aromatic rings. The molecule has 1 amide bonds. The molecule has 5 heteroatoms. The topological polar surface area (TPSA) is 40.5 Å². The summed E-state index contributed by atoms with van der Waals surface area (Å²) in [5.74, 6) is -0.369. The van der Waals surface area contributed by atoms with Crippen LogP contribution in [0, 0.1) is 9.39 Å². The summed E-state index contributed by atoms with van der Waals surface area (Å²) in [6.07, 6.45) is 0.168. The van der Waals surface area contributed by atoms with E-state index < -0.39 is 6.10 Å². The van der Waals surface area contributed by atoms with E-state index >= 15 is 0 Å². The Labute approximate surface area is 148 Å². The minimum atomic E-state index is -0.566. The van der Waals surface area contributed by atoms with Crippen LogP contribution in [0.2, 0.25) is 0 Å². The molecule has 3 nitrogen and oxygen atoms in total. The quantitative estimate of drug-likeness (QED) is 0.767. The summed E-state index contributed by atoms with van der Waals surface area (Å²) in [4.78, 5) is 14.3. The van der Waals surface area contributed by atoms with Gasteiger partial charge in [-0.05, 0) is 64.4 Å². The van der Waals surface area contributed by atoms with E-state index in [0.717, 1.165) is 14.7 Å². The molecule has 1 fully saturated rings. The van der Waals surface area contributed by atoms with Crippen molar-refractivity contribution in [2.45, 2.75) is 25.0 Å². The molecule has 2 unspecified atom stereocenters. The normalized spacial score (nSPS) is 20.7. The first-order valence-corrected chi connectivity index (χ1v) is 8.58. The van der Waals surface area contributed by atoms with Crippen molar-refractivity contribution >= 4 is 28.5 Å². The van der Waals surface area contributed by atoms with Gasteiger partial charge in [0.15, 0.2) is 0 Å². The summed E-state index contributed by atoms with van der Waals surface area (Å²) in [7, 11) is 0. The lowest BCUT2D eigenvalue weighted by atomic mass is 10.0. The summed E-state index contributed by atoms with van der Waals surface area (Å²) in [6.45, 7) is 0.296. The van der Waals surface area contributed by atoms with Crippen molar-refractivity contribution in [3.63, 3.8) is 0 Å². The van der Waals surface area contributed by atoms with E-state index in [4.69, 9.17) is 0 Å². The maximum atomic E-state index is 13.5. The molecule has 2 atom stereocenters. The number of aliphatic hydroxyl groups is 1. The molecule has 1 aliphatic rings. The lowest BCUT2D eigenvalue weighted by Gasteiger charge is -2.25. The van der Waals surface area contributed by atoms with Gasteiger partial charge in [0.2, 0.25) is 5.91 Å². The van der Waals surface area contributed by atoms with Crippen molar-refractivity contribution in [2.75, 3.05) is 6.54 Å². The average molecular weight is 425 g/mol. The van der Waals surface area contributed by atoms with Crippen LogP contribution in [0.5, 0.6) is 0 Å². The van der Waals surface area contributed by atoms with Gasteiger partial charge >= 0.3 is 0 Å². The number of nitrogens with zero attached hydrogens (tertiary/aromatic N) is 1. The zero-order chi connectivity index (χ0) is 16.4. The van der Waals surface area contributed by atoms with Crippen molar-refractivity contribution < 1.29 is 14.3 Å². The maximum absolute atomic E-state index is 13.5. The van der Waals surface area contributed by atoms with Gasteiger partial charge < -0.3 is 10.0 Å². The van der Waals surface area contributed by atoms with Gasteiger partial charge in [0, 0.05) is 10.1 Å². The number of benzene rings is 2. The number of β-amino-alcohol motifs (C(OH)–C–C–N with tert-alkyl or cyclic N) is 1. The molecule has 0 radical (unpaired) electrons. The molecule has 1 heterocycles. The molecule has 0 aliphatic carbocycles. The van der Waals surface area contributed by atoms with E-state index in [1.54, 1.807) is 17.0 Å². The highest BCUT2D eigenvalue weighted by Crippen LogP contribution is 2.33. The number of carbonyl (C=O) groups excluding carboxylic acids is 1. The van der Waals surface area contributed by atoms with Crippen LogP contribution in [0.1, 0.15) is 23.6 Å². The number of halogens is 2. The first kappa shape index (κ1) is 16.4. The monoisotopic (exact) mass is 425 g/mol. The second kappa shape index (κ2) is 6.97. The second-order valence-electron chi connectivity index (χ2n) is 5.81. The molecule has 0 bridgehead atoms. The van der Waals surface area contributed by atoms with Crippen LogP contribution < -0.4 is 0 Å². The van der Waals surface area contributed by atoms with Gasteiger partial charge in [-0.3, -0.25) is 4.79 Å². The predicted octanol–water partition coefficient (Wildman–Crippen LogP) is 3.31. The molecule has 3 rings (SSSR count). The van der Waals surface area contributed by atoms with Gasteiger partial charge in [0.25, 0.3) is 0 Å². The summed E-state index contributed by atoms with van der Waals surface area (Å²) >= 11 is 2.22. The van der Waals surface area contributed by atoms with Crippen LogP contribution in [0.25, 0.3) is 0 Å². The molecule has 2 aromatic carbocycles. The van der Waals surface area contributed by atoms with Crippen LogP contribution in [-0.4, -0.2) is 28.6 Å². The van der Waals surface area contributed by atoms with Crippen molar-refractivity contribution in [1.29, 1.82) is 0 Å². The third kappa shape index (κ3) is 3.90. The Balaban J connectivity index is 1.78. The predicted molar refractivity (Wildman–Crippen MR) is 94.3 cm³/mol. The third-order valence-electron chi connectivity index (χ3n) is 4.10. The number of likely N-dealkylation sites (tertiary alicyclic amines) is 1. The molecule has 0 saturated carbocycles. The molecule has 1 N–H and O–H groups in total. The van der Waals surface area contributed by atoms with E-state index in [9.17, 15) is 14.3 Å². The van der Waals surface area contributed by atoms with Gasteiger partial charge in [-0.2, -0.15) is 0 Å². The summed E-state index contributed by atoms with van der Waals surface area (Å²) in [5, 5.41) is 9.96. The van der Waals surface area contributed by atoms with Crippen molar-refractivity contribution in [3.8, 4) is 0 Å². The van der Waals surface area contributed by atoms with E-state index in [-0.39, 0.29) is 24.2 Å². The zero-order valence-corrected chi connectivity index (χ0v) is 14.6. The molecule has 1 aliphatic heterocycles. The van der Waals surface area contributed by atoms with Crippen LogP contribution in [0.3, 0.4) is 0 Å². The Morgan fingerprint density at radius 3 is 2.70 bits per heavy atom. The number of amides is 1. The zero-order valence-electron chi connectivity index (χ0n) is 12.5. The van der Waals surface area contributed by atoms with Crippen LogP contribution >= 0.6 is 22.6 Å². The lowest BCUT2D eigenvalue weighted by Crippen LogP contribution is -2.33. The van der Waals surface area contributed by atoms with Gasteiger partial charge in [0.05, 0.1) is 18.6 Å². The third-order valence-corrected chi connectivity index (χ3v) is 4.82. The fourth-order valence-electron chi connectivity index (χ4n) is 3.00. The minimum Gasteiger partial charge on any atom is -0.391 e. The highest BCUT2D eigenvalue weighted by molar-refractivity contribution is 14.1. The fraction of sp³-hybridized carbons (Fsp3) is 0.278. The van der Waals surface area contributed by atoms with Crippen LogP contribution in [-0.2, 0) is 11.2 Å². The Morgan fingerprint density at radius 2 is 2.00 bits per heavy atom. The number of hydrogen-bond donors (Lipinski definition) is 1. The van der Waals surface area contributed by atoms with E-state index in [1.165, 1.54) is 12.1 Å². The van der Waals surface area contributed by atoms with Crippen molar-refractivity contribution in [3.05, 3.63) is 69.0 Å². The molecular formula is C18H17FINO2. The largest absolute Gasteiger partial charge is 0.391 e. The molecule has 0 aromatic heterocycles. The average Bonchev–Trinajstić information content (AvgIpc) is 2.92. The Hall–Kier alpha value is -1.47. The summed E-state index contributed by atoms with van der Waals surface area (Å²) in [6, 6.07) is 13.8. The highest BCUT2D eigenvalue weighted by atomic mass is 127. The fourth-order valence-corrected chi connectivity index (χ4v) is 3.36. The van der Waals surface area contributed by atoms with Crippen LogP contribution in [0.15, 0.2) is 48.5 Å². The van der Waals surface area contributed by atoms with Gasteiger partial charge in [-0.15, -0.1) is 0 Å². The van der Waals surface area contributed by atoms with E-state index in [1.807, 2.05) is 24.3 Å². The Bertz CT molecular complexity index is 704. The number of aliphatic hydroxyl groups excluding tert-OH is 1. The maximum Gasteiger partial charge on any atom is 0.227 e. The minimum absolute atomic E-state index is 0.0444. The van der Waals surface area contributed by atoms with Gasteiger partial charge in [0.1, 0.15) is 5.82 Å². The smallest absolute Gasteiger partial charge is 0.227 e. The van der Waals surface area contributed by atoms with E-state index in [0.29, 0.717) is 13.0 Å². The van der Waals surface area contributed by atoms with Gasteiger partial charge in [-0.25, -0.2) is 4.39 Å². The highest BCUT2D eigenvalue weighted by Gasteiger charge is 2.35. The first-order valence-electron chi connectivity index (χ1n) is 7.50. The van der Waals surface area contributed by atoms with Crippen LogP contribution in [0.4, 0.5) is 4.39 Å². The molecule has 1 saturated heterocycles. The first-order chi connectivity index (χ1) is 11.0. The van der Waals surface area contributed by atoms with Crippen molar-refractivity contribution in [2.24, 2.45) is 0 Å². The standard InChI is InChI=1S/C18H17FINO2/c19-14-3-1-2-13(9-14)17-10-16(22)11-21(17)18(23)8-12-4-6-15(20)7-5-12/h1-7,9,16-17,22H,8,10-11H2. The van der Waals surface area contributed by atoms with Gasteiger partial charge in [-0.1, -0.05) is 24.3 Å². The lowest BCUT2D eigenvalue weighted by molar-refractivity contribution is -0.131. The Kier molecular flexibility index (Phi) is 4.96. The van der Waals surface area contributed by atoms with E-state index in [2.05, 4.69) is 22.6 Å². The molecule has 0 spiro atoms. The molecule has 23 heavy (non-hydrogen) atoms.